The molecule has 2 amide bonds. The molecule has 0 saturated carbocycles. The summed E-state index contributed by atoms with van der Waals surface area (Å²) in [6, 6.07) is 21.7. The Labute approximate surface area is 229 Å². The van der Waals surface area contributed by atoms with Crippen molar-refractivity contribution in [1.82, 2.24) is 19.8 Å². The Bertz CT molecular complexity index is 1470. The molecule has 0 N–H and O–H groups in total. The molecular weight excluding hydrogens is 488 g/mol. The van der Waals surface area contributed by atoms with E-state index >= 15 is 0 Å². The van der Waals surface area contributed by atoms with E-state index in [2.05, 4.69) is 16.0 Å². The average Bonchev–Trinajstić information content (AvgIpc) is 2.96. The van der Waals surface area contributed by atoms with E-state index < -0.39 is 0 Å². The third kappa shape index (κ3) is 6.32. The molecule has 1 aliphatic heterocycles. The van der Waals surface area contributed by atoms with Gasteiger partial charge in [0.2, 0.25) is 5.91 Å². The first kappa shape index (κ1) is 26.1. The lowest BCUT2D eigenvalue weighted by atomic mass is 9.98. The number of carbonyl (C=O) groups excluding carboxylic acids is 2. The molecule has 0 fully saturated rings. The Balaban J connectivity index is 1.45. The van der Waals surface area contributed by atoms with Gasteiger partial charge in [0, 0.05) is 50.1 Å². The van der Waals surface area contributed by atoms with Gasteiger partial charge >= 0.3 is 0 Å². The van der Waals surface area contributed by atoms with E-state index in [-0.39, 0.29) is 11.8 Å². The van der Waals surface area contributed by atoms with Crippen LogP contribution in [0, 0.1) is 6.92 Å². The Morgan fingerprint density at radius 1 is 0.897 bits per heavy atom. The van der Waals surface area contributed by atoms with Gasteiger partial charge < -0.3 is 14.5 Å². The van der Waals surface area contributed by atoms with E-state index in [4.69, 9.17) is 4.74 Å². The molecule has 4 aromatic rings. The summed E-state index contributed by atoms with van der Waals surface area (Å²) in [6.45, 7) is 3.64. The molecule has 0 spiro atoms. The fraction of sp³-hybridized carbons (Fsp3) is 0.250. The number of carbonyl (C=O) groups is 2. The second-order valence-electron chi connectivity index (χ2n) is 9.89. The molecule has 39 heavy (non-hydrogen) atoms. The van der Waals surface area contributed by atoms with Gasteiger partial charge in [-0.05, 0) is 59.0 Å². The second-order valence-corrected chi connectivity index (χ2v) is 9.89. The van der Waals surface area contributed by atoms with Gasteiger partial charge in [-0.25, -0.2) is 9.97 Å². The summed E-state index contributed by atoms with van der Waals surface area (Å²) in [5.74, 6) is 0.710. The SMILES string of the molecule is Cc1ccccc1CC(=O)N1CCOc2ccc(-c3cncnc3)cc2Cc2cccc(c2)C(=O)N(C)CC1. The molecule has 5 rings (SSSR count). The van der Waals surface area contributed by atoms with Crippen LogP contribution in [0.2, 0.25) is 0 Å². The molecule has 2 bridgehead atoms. The number of hydrogen-bond acceptors (Lipinski definition) is 5. The van der Waals surface area contributed by atoms with E-state index in [1.165, 1.54) is 6.33 Å². The van der Waals surface area contributed by atoms with Crippen molar-refractivity contribution in [2.24, 2.45) is 0 Å². The quantitative estimate of drug-likeness (QED) is 0.395. The first-order valence-corrected chi connectivity index (χ1v) is 13.2. The minimum atomic E-state index is -0.0631. The van der Waals surface area contributed by atoms with Gasteiger partial charge in [0.15, 0.2) is 0 Å². The van der Waals surface area contributed by atoms with Crippen LogP contribution in [0.4, 0.5) is 0 Å². The molecular formula is C32H32N4O3. The van der Waals surface area contributed by atoms with Crippen molar-refractivity contribution in [2.45, 2.75) is 19.8 Å². The number of likely N-dealkylation sites (N-methyl/N-ethyl adjacent to an activating group) is 1. The fourth-order valence-corrected chi connectivity index (χ4v) is 4.82. The normalized spacial score (nSPS) is 14.3. The number of hydrogen-bond donors (Lipinski definition) is 0. The van der Waals surface area contributed by atoms with E-state index in [1.807, 2.05) is 67.6 Å². The summed E-state index contributed by atoms with van der Waals surface area (Å²) < 4.78 is 6.29. The number of aromatic nitrogens is 2. The summed E-state index contributed by atoms with van der Waals surface area (Å²) in [6.07, 6.45) is 5.98. The standard InChI is InChI=1S/C32H32N4O3/c1-23-6-3-4-8-25(23)19-31(37)36-13-12-35(2)32(38)27-9-5-7-24(16-27)17-28-18-26(29-20-33-22-34-21-29)10-11-30(28)39-15-14-36/h3-11,16,18,20-22H,12-15,17,19H2,1-2H3. The molecule has 7 nitrogen and oxygen atoms in total. The van der Waals surface area contributed by atoms with E-state index in [9.17, 15) is 9.59 Å². The van der Waals surface area contributed by atoms with Crippen LogP contribution in [0.3, 0.4) is 0 Å². The zero-order chi connectivity index (χ0) is 27.2. The minimum absolute atomic E-state index is 0.0162. The van der Waals surface area contributed by atoms with Gasteiger partial charge in [0.1, 0.15) is 18.7 Å². The average molecular weight is 521 g/mol. The van der Waals surface area contributed by atoms with Crippen LogP contribution < -0.4 is 4.74 Å². The predicted molar refractivity (Wildman–Crippen MR) is 151 cm³/mol. The van der Waals surface area contributed by atoms with Gasteiger partial charge in [-0.3, -0.25) is 9.59 Å². The highest BCUT2D eigenvalue weighted by Crippen LogP contribution is 2.29. The number of ether oxygens (including phenoxy) is 1. The van der Waals surface area contributed by atoms with Crippen molar-refractivity contribution in [2.75, 3.05) is 33.3 Å². The highest BCUT2D eigenvalue weighted by Gasteiger charge is 2.20. The number of aryl methyl sites for hydroxylation is 1. The van der Waals surface area contributed by atoms with Crippen molar-refractivity contribution in [3.63, 3.8) is 0 Å². The monoisotopic (exact) mass is 520 g/mol. The third-order valence-electron chi connectivity index (χ3n) is 7.15. The van der Waals surface area contributed by atoms with Gasteiger partial charge in [-0.1, -0.05) is 42.5 Å². The fourth-order valence-electron chi connectivity index (χ4n) is 4.82. The van der Waals surface area contributed by atoms with Crippen LogP contribution in [-0.4, -0.2) is 64.9 Å². The maximum atomic E-state index is 13.4. The van der Waals surface area contributed by atoms with Crippen LogP contribution in [-0.2, 0) is 17.6 Å². The predicted octanol–water partition coefficient (Wildman–Crippen LogP) is 4.58. The highest BCUT2D eigenvalue weighted by atomic mass is 16.5. The van der Waals surface area contributed by atoms with Crippen LogP contribution in [0.1, 0.15) is 32.6 Å². The van der Waals surface area contributed by atoms with Crippen LogP contribution in [0.5, 0.6) is 5.75 Å². The first-order chi connectivity index (χ1) is 19.0. The number of fused-ring (bicyclic) bond motifs is 3. The maximum absolute atomic E-state index is 13.4. The van der Waals surface area contributed by atoms with Crippen LogP contribution in [0.25, 0.3) is 11.1 Å². The van der Waals surface area contributed by atoms with Gasteiger partial charge in [0.25, 0.3) is 5.91 Å². The van der Waals surface area contributed by atoms with Gasteiger partial charge in [-0.15, -0.1) is 0 Å². The molecule has 3 aromatic carbocycles. The molecule has 1 aromatic heterocycles. The van der Waals surface area contributed by atoms with Crippen molar-refractivity contribution < 1.29 is 14.3 Å². The number of amides is 2. The van der Waals surface area contributed by atoms with Crippen molar-refractivity contribution in [3.8, 4) is 16.9 Å². The third-order valence-corrected chi connectivity index (χ3v) is 7.15. The molecule has 0 atom stereocenters. The lowest BCUT2D eigenvalue weighted by Crippen LogP contribution is -2.42. The van der Waals surface area contributed by atoms with Gasteiger partial charge in [0.05, 0.1) is 13.0 Å². The van der Waals surface area contributed by atoms with Gasteiger partial charge in [-0.2, -0.15) is 0 Å². The molecule has 2 heterocycles. The smallest absolute Gasteiger partial charge is 0.253 e. The van der Waals surface area contributed by atoms with E-state index in [1.54, 1.807) is 29.2 Å². The van der Waals surface area contributed by atoms with Crippen LogP contribution in [0.15, 0.2) is 85.5 Å². The molecule has 198 valence electrons. The lowest BCUT2D eigenvalue weighted by Gasteiger charge is -2.27. The molecule has 0 unspecified atom stereocenters. The number of benzene rings is 3. The summed E-state index contributed by atoms with van der Waals surface area (Å²) in [5.41, 5.74) is 6.63. The Morgan fingerprint density at radius 2 is 1.72 bits per heavy atom. The Hall–Kier alpha value is -4.52. The lowest BCUT2D eigenvalue weighted by molar-refractivity contribution is -0.131. The summed E-state index contributed by atoms with van der Waals surface area (Å²) in [7, 11) is 1.78. The van der Waals surface area contributed by atoms with Crippen LogP contribution >= 0.6 is 0 Å². The molecule has 0 radical (unpaired) electrons. The van der Waals surface area contributed by atoms with Crippen molar-refractivity contribution in [1.29, 1.82) is 0 Å². The Morgan fingerprint density at radius 3 is 2.54 bits per heavy atom. The maximum Gasteiger partial charge on any atom is 0.253 e. The summed E-state index contributed by atoms with van der Waals surface area (Å²) >= 11 is 0. The molecule has 0 aliphatic carbocycles. The van der Waals surface area contributed by atoms with Crippen molar-refractivity contribution >= 4 is 11.8 Å². The topological polar surface area (TPSA) is 75.6 Å². The second kappa shape index (κ2) is 11.9. The number of rotatable bonds is 3. The number of nitrogens with zero attached hydrogens (tertiary/aromatic N) is 4. The minimum Gasteiger partial charge on any atom is -0.491 e. The first-order valence-electron chi connectivity index (χ1n) is 13.2. The van der Waals surface area contributed by atoms with E-state index in [0.717, 1.165) is 39.1 Å². The summed E-state index contributed by atoms with van der Waals surface area (Å²) in [4.78, 5) is 38.4. The zero-order valence-corrected chi connectivity index (χ0v) is 22.3. The molecule has 7 heteroatoms. The van der Waals surface area contributed by atoms with Crippen molar-refractivity contribution in [3.05, 3.63) is 113 Å². The Kier molecular flexibility index (Phi) is 7.96. The largest absolute Gasteiger partial charge is 0.491 e. The molecule has 1 aliphatic rings. The summed E-state index contributed by atoms with van der Waals surface area (Å²) in [5, 5.41) is 0. The highest BCUT2D eigenvalue weighted by molar-refractivity contribution is 5.94. The molecule has 0 saturated heterocycles. The zero-order valence-electron chi connectivity index (χ0n) is 22.3. The van der Waals surface area contributed by atoms with E-state index in [0.29, 0.717) is 44.6 Å².